The van der Waals surface area contributed by atoms with Crippen LogP contribution in [0.1, 0.15) is 29.1 Å². The maximum Gasteiger partial charge on any atom is 0.244 e. The molecule has 120 valence electrons. The van der Waals surface area contributed by atoms with Gasteiger partial charge in [0.05, 0.1) is 12.1 Å². The second-order valence-corrected chi connectivity index (χ2v) is 7.14. The molecule has 4 rings (SSSR count). The Hall–Kier alpha value is -1.76. The van der Waals surface area contributed by atoms with Crippen molar-refractivity contribution in [3.05, 3.63) is 46.9 Å². The lowest BCUT2D eigenvalue weighted by Gasteiger charge is -2.20. The molecular weight excluding hydrogens is 310 g/mol. The lowest BCUT2D eigenvalue weighted by molar-refractivity contribution is 0.107. The third kappa shape index (κ3) is 2.89. The summed E-state index contributed by atoms with van der Waals surface area (Å²) in [6.45, 7) is 3.62. The van der Waals surface area contributed by atoms with Crippen molar-refractivity contribution in [2.24, 2.45) is 0 Å². The van der Waals surface area contributed by atoms with Crippen LogP contribution in [0.2, 0.25) is 0 Å². The first-order chi connectivity index (χ1) is 11.2. The van der Waals surface area contributed by atoms with Gasteiger partial charge in [-0.05, 0) is 30.9 Å². The molecule has 0 saturated carbocycles. The molecule has 6 heteroatoms. The highest BCUT2D eigenvalue weighted by atomic mass is 32.1. The molecule has 5 nitrogen and oxygen atoms in total. The van der Waals surface area contributed by atoms with E-state index in [2.05, 4.69) is 45.4 Å². The summed E-state index contributed by atoms with van der Waals surface area (Å²) in [6, 6.07) is 10.9. The molecule has 0 bridgehead atoms. The van der Waals surface area contributed by atoms with Crippen molar-refractivity contribution < 1.29 is 9.26 Å². The normalized spacial score (nSPS) is 22.2. The van der Waals surface area contributed by atoms with Crippen LogP contribution in [0.15, 0.2) is 34.9 Å². The molecule has 3 aromatic rings. The second-order valence-electron chi connectivity index (χ2n) is 5.97. The van der Waals surface area contributed by atoms with Crippen LogP contribution in [0.25, 0.3) is 10.1 Å². The van der Waals surface area contributed by atoms with E-state index in [1.54, 1.807) is 7.11 Å². The Morgan fingerprint density at radius 3 is 3.00 bits per heavy atom. The molecule has 0 amide bonds. The Morgan fingerprint density at radius 2 is 2.26 bits per heavy atom. The van der Waals surface area contributed by atoms with Gasteiger partial charge in [0.1, 0.15) is 0 Å². The number of ether oxygens (including phenoxy) is 1. The lowest BCUT2D eigenvalue weighted by atomic mass is 10.2. The fraction of sp³-hybridized carbons (Fsp3) is 0.412. The Kier molecular flexibility index (Phi) is 3.88. The van der Waals surface area contributed by atoms with Gasteiger partial charge in [-0.2, -0.15) is 4.98 Å². The minimum Gasteiger partial charge on any atom is -0.380 e. The van der Waals surface area contributed by atoms with Crippen molar-refractivity contribution in [3.8, 4) is 0 Å². The van der Waals surface area contributed by atoms with Crippen LogP contribution >= 0.6 is 11.3 Å². The molecule has 0 aliphatic carbocycles. The van der Waals surface area contributed by atoms with Crippen LogP contribution in [0.4, 0.5) is 0 Å². The summed E-state index contributed by atoms with van der Waals surface area (Å²) < 4.78 is 12.3. The zero-order valence-electron chi connectivity index (χ0n) is 13.2. The number of aryl methyl sites for hydroxylation is 1. The maximum atomic E-state index is 5.57. The topological polar surface area (TPSA) is 51.4 Å². The van der Waals surface area contributed by atoms with Crippen molar-refractivity contribution in [3.63, 3.8) is 0 Å². The van der Waals surface area contributed by atoms with E-state index in [4.69, 9.17) is 9.26 Å². The molecular formula is C17H19N3O2S. The third-order valence-corrected chi connectivity index (χ3v) is 5.46. The van der Waals surface area contributed by atoms with Crippen molar-refractivity contribution in [2.75, 3.05) is 13.7 Å². The van der Waals surface area contributed by atoms with Crippen LogP contribution in [0.3, 0.4) is 0 Å². The molecule has 1 aliphatic rings. The van der Waals surface area contributed by atoms with Crippen LogP contribution in [-0.2, 0) is 11.3 Å². The minimum absolute atomic E-state index is 0.131. The number of nitrogens with zero attached hydrogens (tertiary/aromatic N) is 3. The van der Waals surface area contributed by atoms with Gasteiger partial charge in [-0.25, -0.2) is 0 Å². The molecule has 0 radical (unpaired) electrons. The van der Waals surface area contributed by atoms with Gasteiger partial charge >= 0.3 is 0 Å². The summed E-state index contributed by atoms with van der Waals surface area (Å²) in [5.74, 6) is 1.38. The lowest BCUT2D eigenvalue weighted by Crippen LogP contribution is -2.24. The largest absolute Gasteiger partial charge is 0.380 e. The van der Waals surface area contributed by atoms with E-state index in [0.29, 0.717) is 11.7 Å². The first-order valence-electron chi connectivity index (χ1n) is 7.77. The summed E-state index contributed by atoms with van der Waals surface area (Å²) >= 11 is 1.85. The minimum atomic E-state index is 0.131. The van der Waals surface area contributed by atoms with Crippen molar-refractivity contribution in [2.45, 2.75) is 32.0 Å². The Labute approximate surface area is 138 Å². The van der Waals surface area contributed by atoms with Gasteiger partial charge in [-0.1, -0.05) is 23.4 Å². The molecule has 1 fully saturated rings. The monoisotopic (exact) mass is 329 g/mol. The number of methoxy groups -OCH3 is 1. The number of likely N-dealkylation sites (tertiary alicyclic amines) is 1. The predicted molar refractivity (Wildman–Crippen MR) is 89.4 cm³/mol. The Bertz CT molecular complexity index is 780. The van der Waals surface area contributed by atoms with E-state index >= 15 is 0 Å². The molecule has 2 aromatic heterocycles. The summed E-state index contributed by atoms with van der Waals surface area (Å²) in [7, 11) is 1.77. The maximum absolute atomic E-state index is 5.57. The zero-order chi connectivity index (χ0) is 15.8. The second kappa shape index (κ2) is 6.03. The predicted octanol–water partition coefficient (Wildman–Crippen LogP) is 3.55. The highest BCUT2D eigenvalue weighted by Crippen LogP contribution is 2.35. The SMILES string of the molecule is CO[C@@H]1C[C@H](c2nc(C)no2)N(Cc2cc3ccccc3s2)C1. The average molecular weight is 329 g/mol. The van der Waals surface area contributed by atoms with Gasteiger partial charge in [0.25, 0.3) is 0 Å². The number of hydrogen-bond acceptors (Lipinski definition) is 6. The molecule has 2 atom stereocenters. The highest BCUT2D eigenvalue weighted by molar-refractivity contribution is 7.19. The van der Waals surface area contributed by atoms with E-state index in [1.165, 1.54) is 15.0 Å². The molecule has 0 N–H and O–H groups in total. The quantitative estimate of drug-likeness (QED) is 0.732. The van der Waals surface area contributed by atoms with Gasteiger partial charge in [0, 0.05) is 29.8 Å². The average Bonchev–Trinajstić information content (AvgIpc) is 3.24. The number of hydrogen-bond donors (Lipinski definition) is 0. The van der Waals surface area contributed by atoms with Crippen molar-refractivity contribution >= 4 is 21.4 Å². The van der Waals surface area contributed by atoms with Gasteiger partial charge in [-0.3, -0.25) is 4.90 Å². The van der Waals surface area contributed by atoms with Crippen LogP contribution in [0, 0.1) is 6.92 Å². The van der Waals surface area contributed by atoms with Crippen LogP contribution in [0.5, 0.6) is 0 Å². The molecule has 0 spiro atoms. The standard InChI is InChI=1S/C17H19N3O2S/c1-11-18-17(22-19-11)15-8-13(21-2)9-20(15)10-14-7-12-5-3-4-6-16(12)23-14/h3-7,13,15H,8-10H2,1-2H3/t13-,15-/m1/s1. The van der Waals surface area contributed by atoms with E-state index in [0.717, 1.165) is 19.5 Å². The third-order valence-electron chi connectivity index (χ3n) is 4.36. The Morgan fingerprint density at radius 1 is 1.39 bits per heavy atom. The van der Waals surface area contributed by atoms with Gasteiger partial charge in [0.2, 0.25) is 5.89 Å². The summed E-state index contributed by atoms with van der Waals surface area (Å²) in [5.41, 5.74) is 0. The first-order valence-corrected chi connectivity index (χ1v) is 8.59. The number of benzene rings is 1. The van der Waals surface area contributed by atoms with Gasteiger partial charge in [-0.15, -0.1) is 11.3 Å². The number of thiophene rings is 1. The van der Waals surface area contributed by atoms with E-state index in [9.17, 15) is 0 Å². The molecule has 1 aliphatic heterocycles. The summed E-state index contributed by atoms with van der Waals surface area (Å²) in [5, 5.41) is 5.24. The molecule has 1 saturated heterocycles. The highest BCUT2D eigenvalue weighted by Gasteiger charge is 2.36. The van der Waals surface area contributed by atoms with E-state index in [-0.39, 0.29) is 12.1 Å². The number of rotatable bonds is 4. The van der Waals surface area contributed by atoms with Crippen LogP contribution in [-0.4, -0.2) is 34.8 Å². The summed E-state index contributed by atoms with van der Waals surface area (Å²) in [4.78, 5) is 8.16. The van der Waals surface area contributed by atoms with E-state index in [1.807, 2.05) is 18.3 Å². The Balaban J connectivity index is 1.59. The number of aromatic nitrogens is 2. The zero-order valence-corrected chi connectivity index (χ0v) is 14.0. The fourth-order valence-corrected chi connectivity index (χ4v) is 4.32. The number of fused-ring (bicyclic) bond motifs is 1. The molecule has 23 heavy (non-hydrogen) atoms. The smallest absolute Gasteiger partial charge is 0.244 e. The van der Waals surface area contributed by atoms with Gasteiger partial charge in [0.15, 0.2) is 5.82 Å². The van der Waals surface area contributed by atoms with Crippen molar-refractivity contribution in [1.29, 1.82) is 0 Å². The van der Waals surface area contributed by atoms with Crippen LogP contribution < -0.4 is 0 Å². The first kappa shape index (κ1) is 14.8. The molecule has 3 heterocycles. The molecule has 0 unspecified atom stereocenters. The van der Waals surface area contributed by atoms with E-state index < -0.39 is 0 Å². The fourth-order valence-electron chi connectivity index (χ4n) is 3.23. The summed E-state index contributed by atoms with van der Waals surface area (Å²) in [6.07, 6.45) is 1.10. The van der Waals surface area contributed by atoms with Gasteiger partial charge < -0.3 is 9.26 Å². The molecule has 1 aromatic carbocycles. The van der Waals surface area contributed by atoms with Crippen molar-refractivity contribution in [1.82, 2.24) is 15.0 Å².